The Morgan fingerprint density at radius 1 is 1.71 bits per heavy atom. The van der Waals surface area contributed by atoms with Gasteiger partial charge in [0.25, 0.3) is 0 Å². The molecule has 1 nitrogen and oxygen atoms in total. The van der Waals surface area contributed by atoms with Crippen molar-refractivity contribution < 1.29 is 4.89 Å². The molecule has 0 bridgehead atoms. The number of halogens is 2. The van der Waals surface area contributed by atoms with E-state index in [1.807, 2.05) is 45.2 Å². The molecule has 0 heterocycles. The van der Waals surface area contributed by atoms with Crippen molar-refractivity contribution in [2.45, 2.75) is 0 Å². The Morgan fingerprint density at radius 3 is 2.14 bits per heavy atom. The Morgan fingerprint density at radius 2 is 2.14 bits per heavy atom. The van der Waals surface area contributed by atoms with E-state index in [4.69, 9.17) is 7.18 Å². The van der Waals surface area contributed by atoms with Crippen molar-refractivity contribution in [3.05, 3.63) is 7.40 Å². The molecular formula is C2HBI2OP. The predicted molar refractivity (Wildman–Crippen MR) is 48.8 cm³/mol. The van der Waals surface area contributed by atoms with E-state index in [0.717, 1.165) is 1.59 Å². The minimum absolute atomic E-state index is 0.943. The summed E-state index contributed by atoms with van der Waals surface area (Å²) in [5, 5.41) is 0. The summed E-state index contributed by atoms with van der Waals surface area (Å²) < 4.78 is 0.943. The van der Waals surface area contributed by atoms with Crippen LogP contribution in [0.4, 0.5) is 0 Å². The summed E-state index contributed by atoms with van der Waals surface area (Å²) in [7, 11) is 3.35. The summed E-state index contributed by atoms with van der Waals surface area (Å²) >= 11 is 4.08. The average molecular weight is 337 g/mol. The van der Waals surface area contributed by atoms with Crippen LogP contribution >= 0.6 is 52.8 Å². The normalized spacial score (nSPS) is 10.3. The van der Waals surface area contributed by atoms with Gasteiger partial charge in [-0.15, -0.1) is 0 Å². The number of hydrogen-bond acceptors (Lipinski definition) is 1. The molecule has 0 saturated carbocycles. The number of rotatable bonds is 1. The van der Waals surface area contributed by atoms with E-state index in [9.17, 15) is 4.89 Å². The average Bonchev–Trinajstić information content (AvgIpc) is 1.27. The molecule has 0 rings (SSSR count). The van der Waals surface area contributed by atoms with Gasteiger partial charge in [-0.25, -0.2) is 0 Å². The molecular weight excluding hydrogens is 336 g/mol. The first-order chi connectivity index (χ1) is 3.13. The van der Waals surface area contributed by atoms with Crippen LogP contribution < -0.4 is 4.89 Å². The zero-order valence-corrected chi connectivity index (χ0v) is 8.48. The van der Waals surface area contributed by atoms with Crippen LogP contribution in [0.3, 0.4) is 0 Å². The molecule has 1 radical (unpaired) electrons. The van der Waals surface area contributed by atoms with Crippen molar-refractivity contribution in [2.75, 3.05) is 0 Å². The molecule has 37 valence electrons. The second kappa shape index (κ2) is 4.41. The van der Waals surface area contributed by atoms with Crippen LogP contribution in [0.25, 0.3) is 0 Å². The zero-order chi connectivity index (χ0) is 5.86. The van der Waals surface area contributed by atoms with E-state index in [0.29, 0.717) is 0 Å². The molecule has 7 heavy (non-hydrogen) atoms. The van der Waals surface area contributed by atoms with Gasteiger partial charge in [0.05, 0.1) is 0 Å². The molecule has 0 aliphatic carbocycles. The second-order valence-corrected chi connectivity index (χ2v) is 6.15. The van der Waals surface area contributed by atoms with Gasteiger partial charge in [0.15, 0.2) is 0 Å². The monoisotopic (exact) mass is 337 g/mol. The molecule has 1 unspecified atom stereocenters. The van der Waals surface area contributed by atoms with Gasteiger partial charge < -0.3 is 0 Å². The Hall–Kier alpha value is 1.52. The van der Waals surface area contributed by atoms with Gasteiger partial charge in [-0.3, -0.25) is 0 Å². The minimum atomic E-state index is -1.57. The SMILES string of the molecule is [B]=[P+]([O-])C=C(I)I. The summed E-state index contributed by atoms with van der Waals surface area (Å²) in [4.78, 5) is 10.1. The third kappa shape index (κ3) is 7.52. The van der Waals surface area contributed by atoms with Crippen molar-refractivity contribution in [1.82, 2.24) is 0 Å². The quantitative estimate of drug-likeness (QED) is 0.404. The van der Waals surface area contributed by atoms with Crippen molar-refractivity contribution in [2.24, 2.45) is 0 Å². The van der Waals surface area contributed by atoms with Gasteiger partial charge in [0.2, 0.25) is 0 Å². The van der Waals surface area contributed by atoms with E-state index in [1.54, 1.807) is 0 Å². The Bertz CT molecular complexity index is 108. The van der Waals surface area contributed by atoms with E-state index < -0.39 is 7.64 Å². The number of hydrogen-bond donors (Lipinski definition) is 0. The van der Waals surface area contributed by atoms with Crippen molar-refractivity contribution in [1.29, 1.82) is 0 Å². The summed E-state index contributed by atoms with van der Waals surface area (Å²) in [5.41, 5.74) is 0. The molecule has 5 heteroatoms. The van der Waals surface area contributed by atoms with Gasteiger partial charge in [0.1, 0.15) is 0 Å². The van der Waals surface area contributed by atoms with Crippen LogP contribution in [-0.2, 0) is 0 Å². The van der Waals surface area contributed by atoms with E-state index in [1.165, 1.54) is 5.82 Å². The second-order valence-electron chi connectivity index (χ2n) is 0.779. The summed E-state index contributed by atoms with van der Waals surface area (Å²) in [5.74, 6) is 1.51. The van der Waals surface area contributed by atoms with Gasteiger partial charge >= 0.3 is 72.3 Å². The van der Waals surface area contributed by atoms with Gasteiger partial charge in [-0.05, 0) is 0 Å². The fraction of sp³-hybridized carbons (Fsp3) is 0. The molecule has 0 aromatic rings. The molecule has 0 fully saturated rings. The molecule has 0 N–H and O–H groups in total. The van der Waals surface area contributed by atoms with E-state index >= 15 is 0 Å². The van der Waals surface area contributed by atoms with Crippen LogP contribution in [0.1, 0.15) is 0 Å². The first kappa shape index (κ1) is 8.52. The standard InChI is InChI=1S/C2HBI2OP/c3-7(6)1-2(4)5/h1H. The van der Waals surface area contributed by atoms with Crippen LogP contribution in [0.5, 0.6) is 0 Å². The van der Waals surface area contributed by atoms with E-state index in [2.05, 4.69) is 0 Å². The van der Waals surface area contributed by atoms with Gasteiger partial charge in [-0.1, -0.05) is 0 Å². The predicted octanol–water partition coefficient (Wildman–Crippen LogP) is 1.50. The van der Waals surface area contributed by atoms with Gasteiger partial charge in [-0.2, -0.15) is 0 Å². The van der Waals surface area contributed by atoms with E-state index in [-0.39, 0.29) is 0 Å². The third-order valence-electron chi connectivity index (χ3n) is 0.225. The van der Waals surface area contributed by atoms with Crippen LogP contribution in [-0.4, -0.2) is 7.18 Å². The van der Waals surface area contributed by atoms with Crippen LogP contribution in [0.15, 0.2) is 7.40 Å². The summed E-state index contributed by atoms with van der Waals surface area (Å²) in [6.07, 6.45) is 0. The molecule has 0 aliphatic heterocycles. The first-order valence-electron chi connectivity index (χ1n) is 1.37. The van der Waals surface area contributed by atoms with Crippen LogP contribution in [0.2, 0.25) is 0 Å². The maximum absolute atomic E-state index is 10.1. The summed E-state index contributed by atoms with van der Waals surface area (Å²) in [6.45, 7) is 0. The van der Waals surface area contributed by atoms with Crippen LogP contribution in [0, 0.1) is 0 Å². The Kier molecular flexibility index (Phi) is 5.37. The zero-order valence-electron chi connectivity index (χ0n) is 3.27. The van der Waals surface area contributed by atoms with Gasteiger partial charge in [0, 0.05) is 0 Å². The molecule has 0 aromatic carbocycles. The fourth-order valence-electron chi connectivity index (χ4n) is 0.0962. The molecule has 0 amide bonds. The summed E-state index contributed by atoms with van der Waals surface area (Å²) in [6, 6.07) is 0. The Balaban J connectivity index is 3.68. The van der Waals surface area contributed by atoms with Crippen molar-refractivity contribution in [3.8, 4) is 0 Å². The third-order valence-corrected chi connectivity index (χ3v) is 2.35. The molecule has 0 saturated heterocycles. The first-order valence-corrected chi connectivity index (χ1v) is 4.92. The fourth-order valence-corrected chi connectivity index (χ4v) is 1.94. The Labute approximate surface area is 71.7 Å². The molecule has 0 spiro atoms. The van der Waals surface area contributed by atoms with Crippen molar-refractivity contribution in [3.63, 3.8) is 0 Å². The molecule has 0 aromatic heterocycles. The molecule has 1 atom stereocenters. The van der Waals surface area contributed by atoms with Crippen molar-refractivity contribution >= 4 is 60.0 Å². The maximum atomic E-state index is 10.1. The molecule has 0 aliphatic rings. The topological polar surface area (TPSA) is 23.1 Å².